The van der Waals surface area contributed by atoms with Crippen molar-refractivity contribution in [3.63, 3.8) is 0 Å². The molecule has 0 bridgehead atoms. The first-order valence-electron chi connectivity index (χ1n) is 8.94. The predicted octanol–water partition coefficient (Wildman–Crippen LogP) is 4.89. The Kier molecular flexibility index (Phi) is 6.87. The third kappa shape index (κ3) is 4.87. The van der Waals surface area contributed by atoms with Crippen LogP contribution in [0.2, 0.25) is 0 Å². The molecule has 0 unspecified atom stereocenters. The van der Waals surface area contributed by atoms with Crippen molar-refractivity contribution >= 4 is 29.2 Å². The summed E-state index contributed by atoms with van der Waals surface area (Å²) in [6.45, 7) is 0. The Labute approximate surface area is 178 Å². The molecule has 0 radical (unpaired) electrons. The Balaban J connectivity index is 1.71. The minimum atomic E-state index is -0.425. The van der Waals surface area contributed by atoms with Gasteiger partial charge in [-0.15, -0.1) is 11.3 Å². The summed E-state index contributed by atoms with van der Waals surface area (Å²) < 4.78 is 21.2. The van der Waals surface area contributed by atoms with Crippen LogP contribution in [0.3, 0.4) is 0 Å². The first-order valence-corrected chi connectivity index (χ1v) is 9.82. The molecular formula is C23H20O6S. The van der Waals surface area contributed by atoms with Gasteiger partial charge in [-0.3, -0.25) is 4.79 Å². The summed E-state index contributed by atoms with van der Waals surface area (Å²) in [7, 11) is 4.59. The number of hydrogen-bond donors (Lipinski definition) is 0. The zero-order chi connectivity index (χ0) is 21.5. The molecule has 154 valence electrons. The number of thiophene rings is 1. The minimum Gasteiger partial charge on any atom is -0.493 e. The molecule has 1 aromatic heterocycles. The molecule has 3 rings (SSSR count). The standard InChI is InChI=1S/C23H20O6S/c1-26-19-13-15(14-20(27-2)22(19)28-3)6-11-18(24)16-7-9-17(10-8-16)29-23(25)21-5-4-12-30-21/h4-14H,1-3H3/b11-6+. The fourth-order valence-corrected chi connectivity index (χ4v) is 3.30. The van der Waals surface area contributed by atoms with E-state index in [2.05, 4.69) is 0 Å². The topological polar surface area (TPSA) is 71.1 Å². The molecule has 0 amide bonds. The van der Waals surface area contributed by atoms with Crippen LogP contribution in [-0.2, 0) is 0 Å². The second kappa shape index (κ2) is 9.76. The lowest BCUT2D eigenvalue weighted by Gasteiger charge is -2.12. The molecule has 0 aliphatic heterocycles. The molecule has 2 aromatic carbocycles. The van der Waals surface area contributed by atoms with Gasteiger partial charge in [0.15, 0.2) is 17.3 Å². The molecule has 3 aromatic rings. The Morgan fingerprint density at radius 1 is 0.900 bits per heavy atom. The van der Waals surface area contributed by atoms with Crippen LogP contribution in [0.5, 0.6) is 23.0 Å². The maximum absolute atomic E-state index is 12.5. The summed E-state index contributed by atoms with van der Waals surface area (Å²) >= 11 is 1.31. The number of carbonyl (C=O) groups is 2. The van der Waals surface area contributed by atoms with Crippen LogP contribution in [0.4, 0.5) is 0 Å². The summed E-state index contributed by atoms with van der Waals surface area (Å²) in [5, 5.41) is 1.80. The monoisotopic (exact) mass is 424 g/mol. The number of rotatable bonds is 8. The van der Waals surface area contributed by atoms with E-state index in [9.17, 15) is 9.59 Å². The lowest BCUT2D eigenvalue weighted by atomic mass is 10.1. The molecular weight excluding hydrogens is 404 g/mol. The van der Waals surface area contributed by atoms with E-state index in [4.69, 9.17) is 18.9 Å². The van der Waals surface area contributed by atoms with Gasteiger partial charge in [0.1, 0.15) is 10.6 Å². The van der Waals surface area contributed by atoms with E-state index in [1.54, 1.807) is 60.0 Å². The Morgan fingerprint density at radius 2 is 1.57 bits per heavy atom. The van der Waals surface area contributed by atoms with E-state index in [-0.39, 0.29) is 5.78 Å². The molecule has 0 aliphatic rings. The van der Waals surface area contributed by atoms with Gasteiger partial charge in [-0.2, -0.15) is 0 Å². The minimum absolute atomic E-state index is 0.195. The molecule has 0 atom stereocenters. The highest BCUT2D eigenvalue weighted by atomic mass is 32.1. The van der Waals surface area contributed by atoms with Gasteiger partial charge in [-0.25, -0.2) is 4.79 Å². The van der Waals surface area contributed by atoms with Gasteiger partial charge in [0.25, 0.3) is 0 Å². The number of allylic oxidation sites excluding steroid dienone is 1. The van der Waals surface area contributed by atoms with E-state index in [1.807, 2.05) is 0 Å². The third-order valence-corrected chi connectivity index (χ3v) is 5.04. The average Bonchev–Trinajstić information content (AvgIpc) is 3.32. The van der Waals surface area contributed by atoms with Crippen LogP contribution in [0, 0.1) is 0 Å². The summed E-state index contributed by atoms with van der Waals surface area (Å²) in [6.07, 6.45) is 3.12. The molecule has 0 aliphatic carbocycles. The summed E-state index contributed by atoms with van der Waals surface area (Å²) in [4.78, 5) is 25.0. The molecule has 0 N–H and O–H groups in total. The molecule has 0 saturated carbocycles. The highest BCUT2D eigenvalue weighted by molar-refractivity contribution is 7.12. The van der Waals surface area contributed by atoms with E-state index in [1.165, 1.54) is 38.7 Å². The fourth-order valence-electron chi connectivity index (χ4n) is 2.71. The van der Waals surface area contributed by atoms with Crippen LogP contribution >= 0.6 is 11.3 Å². The van der Waals surface area contributed by atoms with Gasteiger partial charge >= 0.3 is 5.97 Å². The second-order valence-electron chi connectivity index (χ2n) is 6.05. The molecule has 30 heavy (non-hydrogen) atoms. The van der Waals surface area contributed by atoms with E-state index >= 15 is 0 Å². The van der Waals surface area contributed by atoms with Crippen LogP contribution in [-0.4, -0.2) is 33.1 Å². The maximum Gasteiger partial charge on any atom is 0.353 e. The molecule has 6 nitrogen and oxygen atoms in total. The normalized spacial score (nSPS) is 10.6. The largest absolute Gasteiger partial charge is 0.493 e. The van der Waals surface area contributed by atoms with Crippen molar-refractivity contribution < 1.29 is 28.5 Å². The van der Waals surface area contributed by atoms with Gasteiger partial charge < -0.3 is 18.9 Å². The highest BCUT2D eigenvalue weighted by Gasteiger charge is 2.13. The highest BCUT2D eigenvalue weighted by Crippen LogP contribution is 2.38. The zero-order valence-electron chi connectivity index (χ0n) is 16.7. The lowest BCUT2D eigenvalue weighted by molar-refractivity contribution is 0.0740. The Bertz CT molecular complexity index is 1030. The average molecular weight is 424 g/mol. The van der Waals surface area contributed by atoms with Gasteiger partial charge in [-0.05, 0) is 59.5 Å². The van der Waals surface area contributed by atoms with Gasteiger partial charge in [0.05, 0.1) is 21.3 Å². The summed E-state index contributed by atoms with van der Waals surface area (Å²) in [5.74, 6) is 1.24. The molecule has 0 saturated heterocycles. The van der Waals surface area contributed by atoms with Crippen molar-refractivity contribution in [1.82, 2.24) is 0 Å². The maximum atomic E-state index is 12.5. The zero-order valence-corrected chi connectivity index (χ0v) is 17.5. The molecule has 0 fully saturated rings. The summed E-state index contributed by atoms with van der Waals surface area (Å²) in [6, 6.07) is 13.4. The fraction of sp³-hybridized carbons (Fsp3) is 0.130. The lowest BCUT2D eigenvalue weighted by Crippen LogP contribution is -2.06. The van der Waals surface area contributed by atoms with Crippen molar-refractivity contribution in [2.75, 3.05) is 21.3 Å². The van der Waals surface area contributed by atoms with Crippen LogP contribution in [0.25, 0.3) is 6.08 Å². The van der Waals surface area contributed by atoms with Crippen molar-refractivity contribution in [2.45, 2.75) is 0 Å². The van der Waals surface area contributed by atoms with Crippen molar-refractivity contribution in [3.8, 4) is 23.0 Å². The van der Waals surface area contributed by atoms with Crippen molar-refractivity contribution in [2.24, 2.45) is 0 Å². The van der Waals surface area contributed by atoms with Gasteiger partial charge in [0.2, 0.25) is 5.75 Å². The van der Waals surface area contributed by atoms with Crippen LogP contribution in [0.15, 0.2) is 60.0 Å². The number of carbonyl (C=O) groups excluding carboxylic acids is 2. The van der Waals surface area contributed by atoms with Crippen molar-refractivity contribution in [3.05, 3.63) is 76.0 Å². The third-order valence-electron chi connectivity index (χ3n) is 4.19. The number of methoxy groups -OCH3 is 3. The first-order chi connectivity index (χ1) is 14.5. The summed E-state index contributed by atoms with van der Waals surface area (Å²) in [5.41, 5.74) is 1.19. The predicted molar refractivity (Wildman–Crippen MR) is 115 cm³/mol. The van der Waals surface area contributed by atoms with Crippen LogP contribution < -0.4 is 18.9 Å². The number of ether oxygens (including phenoxy) is 4. The van der Waals surface area contributed by atoms with Gasteiger partial charge in [-0.1, -0.05) is 12.1 Å². The quantitative estimate of drug-likeness (QED) is 0.222. The molecule has 0 spiro atoms. The van der Waals surface area contributed by atoms with E-state index in [0.29, 0.717) is 33.4 Å². The van der Waals surface area contributed by atoms with E-state index in [0.717, 1.165) is 5.56 Å². The van der Waals surface area contributed by atoms with Gasteiger partial charge in [0, 0.05) is 5.56 Å². The SMILES string of the molecule is COc1cc(/C=C/C(=O)c2ccc(OC(=O)c3cccs3)cc2)cc(OC)c1OC. The Hall–Kier alpha value is -3.58. The smallest absolute Gasteiger partial charge is 0.353 e. The number of benzene rings is 2. The molecule has 1 heterocycles. The van der Waals surface area contributed by atoms with E-state index < -0.39 is 5.97 Å². The number of esters is 1. The molecule has 7 heteroatoms. The number of ketones is 1. The second-order valence-corrected chi connectivity index (χ2v) is 7.00. The van der Waals surface area contributed by atoms with Crippen LogP contribution in [0.1, 0.15) is 25.6 Å². The van der Waals surface area contributed by atoms with Crippen molar-refractivity contribution in [1.29, 1.82) is 0 Å². The first kappa shape index (κ1) is 21.1. The Morgan fingerprint density at radius 3 is 2.10 bits per heavy atom. The number of hydrogen-bond acceptors (Lipinski definition) is 7.